The van der Waals surface area contributed by atoms with Gasteiger partial charge in [0.1, 0.15) is 5.60 Å². The lowest BCUT2D eigenvalue weighted by Gasteiger charge is -2.25. The summed E-state index contributed by atoms with van der Waals surface area (Å²) in [5.41, 5.74) is 2.36. The number of anilines is 1. The van der Waals surface area contributed by atoms with E-state index in [9.17, 15) is 9.59 Å². The average molecular weight is 305 g/mol. The van der Waals surface area contributed by atoms with E-state index in [-0.39, 0.29) is 6.09 Å². The summed E-state index contributed by atoms with van der Waals surface area (Å²) in [4.78, 5) is 25.0. The minimum absolute atomic E-state index is 0.352. The highest BCUT2D eigenvalue weighted by atomic mass is 16.6. The van der Waals surface area contributed by atoms with Crippen LogP contribution in [-0.4, -0.2) is 29.3 Å². The summed E-state index contributed by atoms with van der Waals surface area (Å²) in [5.74, 6) is -1.25. The van der Waals surface area contributed by atoms with Crippen LogP contribution < -0.4 is 4.90 Å². The van der Waals surface area contributed by atoms with Gasteiger partial charge < -0.3 is 9.84 Å². The Morgan fingerprint density at radius 3 is 2.64 bits per heavy atom. The average Bonchev–Trinajstić information content (AvgIpc) is 2.81. The molecule has 0 fully saturated rings. The Morgan fingerprint density at radius 2 is 2.05 bits per heavy atom. The number of carbonyl (C=O) groups is 2. The van der Waals surface area contributed by atoms with Gasteiger partial charge in [-0.3, -0.25) is 9.69 Å². The number of carbonyl (C=O) groups excluding carboxylic acids is 1. The highest BCUT2D eigenvalue weighted by molar-refractivity contribution is 5.91. The SMILES string of the molecule is CC(Cc1cccc2c1CCN2C(=O)OC(C)(C)C)C(=O)O. The van der Waals surface area contributed by atoms with Crippen molar-refractivity contribution in [3.8, 4) is 0 Å². The third-order valence-corrected chi connectivity index (χ3v) is 3.69. The van der Waals surface area contributed by atoms with Crippen molar-refractivity contribution in [2.24, 2.45) is 5.92 Å². The zero-order chi connectivity index (χ0) is 16.5. The lowest BCUT2D eigenvalue weighted by molar-refractivity contribution is -0.141. The van der Waals surface area contributed by atoms with Crippen LogP contribution in [0.25, 0.3) is 0 Å². The van der Waals surface area contributed by atoms with Gasteiger partial charge in [-0.25, -0.2) is 4.79 Å². The molecule has 22 heavy (non-hydrogen) atoms. The van der Waals surface area contributed by atoms with Gasteiger partial charge in [0.15, 0.2) is 0 Å². The first-order valence-electron chi connectivity index (χ1n) is 7.53. The number of benzene rings is 1. The quantitative estimate of drug-likeness (QED) is 0.931. The lowest BCUT2D eigenvalue weighted by atomic mass is 9.95. The first kappa shape index (κ1) is 16.3. The van der Waals surface area contributed by atoms with Crippen molar-refractivity contribution < 1.29 is 19.4 Å². The first-order valence-corrected chi connectivity index (χ1v) is 7.53. The van der Waals surface area contributed by atoms with Crippen LogP contribution in [0, 0.1) is 5.92 Å². The van der Waals surface area contributed by atoms with Crippen molar-refractivity contribution in [1.82, 2.24) is 0 Å². The second kappa shape index (κ2) is 5.99. The molecule has 1 heterocycles. The topological polar surface area (TPSA) is 66.8 Å². The minimum Gasteiger partial charge on any atom is -0.481 e. The number of rotatable bonds is 3. The zero-order valence-electron chi connectivity index (χ0n) is 13.5. The monoisotopic (exact) mass is 305 g/mol. The van der Waals surface area contributed by atoms with E-state index in [2.05, 4.69) is 0 Å². The predicted octanol–water partition coefficient (Wildman–Crippen LogP) is 3.25. The number of carboxylic acids is 1. The third-order valence-electron chi connectivity index (χ3n) is 3.69. The molecule has 0 spiro atoms. The van der Waals surface area contributed by atoms with E-state index in [0.717, 1.165) is 23.2 Å². The van der Waals surface area contributed by atoms with Crippen LogP contribution in [-0.2, 0) is 22.4 Å². The molecule has 1 aliphatic heterocycles. The van der Waals surface area contributed by atoms with E-state index >= 15 is 0 Å². The lowest BCUT2D eigenvalue weighted by Crippen LogP contribution is -2.35. The van der Waals surface area contributed by atoms with Gasteiger partial charge in [-0.05, 0) is 50.8 Å². The number of amides is 1. The molecule has 1 N–H and O–H groups in total. The van der Waals surface area contributed by atoms with Crippen molar-refractivity contribution in [2.45, 2.75) is 46.1 Å². The molecule has 1 aromatic rings. The van der Waals surface area contributed by atoms with Crippen LogP contribution in [0.4, 0.5) is 10.5 Å². The van der Waals surface area contributed by atoms with Gasteiger partial charge in [0.2, 0.25) is 0 Å². The van der Waals surface area contributed by atoms with Gasteiger partial charge in [-0.1, -0.05) is 19.1 Å². The molecule has 1 aliphatic rings. The van der Waals surface area contributed by atoms with Crippen molar-refractivity contribution in [2.75, 3.05) is 11.4 Å². The Hall–Kier alpha value is -2.04. The summed E-state index contributed by atoms with van der Waals surface area (Å²) >= 11 is 0. The predicted molar refractivity (Wildman–Crippen MR) is 84.2 cm³/mol. The van der Waals surface area contributed by atoms with Crippen LogP contribution in [0.5, 0.6) is 0 Å². The number of fused-ring (bicyclic) bond motifs is 1. The molecule has 2 rings (SSSR count). The molecule has 0 saturated heterocycles. The van der Waals surface area contributed by atoms with Gasteiger partial charge in [0, 0.05) is 6.54 Å². The van der Waals surface area contributed by atoms with Gasteiger partial charge in [-0.2, -0.15) is 0 Å². The number of aliphatic carboxylic acids is 1. The van der Waals surface area contributed by atoms with Crippen molar-refractivity contribution in [3.63, 3.8) is 0 Å². The van der Waals surface area contributed by atoms with Crippen LogP contribution in [0.15, 0.2) is 18.2 Å². The van der Waals surface area contributed by atoms with Crippen molar-refractivity contribution in [3.05, 3.63) is 29.3 Å². The van der Waals surface area contributed by atoms with Gasteiger partial charge in [-0.15, -0.1) is 0 Å². The fourth-order valence-corrected chi connectivity index (χ4v) is 2.62. The van der Waals surface area contributed by atoms with Crippen LogP contribution in [0.1, 0.15) is 38.8 Å². The Bertz CT molecular complexity index is 589. The molecule has 120 valence electrons. The molecule has 1 amide bonds. The Kier molecular flexibility index (Phi) is 4.44. The summed E-state index contributed by atoms with van der Waals surface area (Å²) in [6.07, 6.45) is 0.854. The number of carboxylic acid groups (broad SMARTS) is 1. The normalized spacial score (nSPS) is 15.4. The maximum absolute atomic E-state index is 12.3. The highest BCUT2D eigenvalue weighted by Gasteiger charge is 2.30. The van der Waals surface area contributed by atoms with Crippen LogP contribution >= 0.6 is 0 Å². The maximum Gasteiger partial charge on any atom is 0.414 e. The van der Waals surface area contributed by atoms with E-state index in [1.807, 2.05) is 39.0 Å². The first-order chi connectivity index (χ1) is 10.2. The van der Waals surface area contributed by atoms with Gasteiger partial charge in [0.05, 0.1) is 11.6 Å². The maximum atomic E-state index is 12.3. The Morgan fingerprint density at radius 1 is 1.36 bits per heavy atom. The van der Waals surface area contributed by atoms with E-state index in [0.29, 0.717) is 13.0 Å². The van der Waals surface area contributed by atoms with Crippen molar-refractivity contribution >= 4 is 17.7 Å². The van der Waals surface area contributed by atoms with E-state index in [1.165, 1.54) is 0 Å². The van der Waals surface area contributed by atoms with Gasteiger partial charge >= 0.3 is 12.1 Å². The molecule has 1 aromatic carbocycles. The second-order valence-electron chi connectivity index (χ2n) is 6.74. The van der Waals surface area contributed by atoms with Crippen LogP contribution in [0.3, 0.4) is 0 Å². The largest absolute Gasteiger partial charge is 0.481 e. The molecule has 0 bridgehead atoms. The Labute approximate surface area is 130 Å². The summed E-state index contributed by atoms with van der Waals surface area (Å²) in [6, 6.07) is 5.70. The number of ether oxygens (including phenoxy) is 1. The number of hydrogen-bond donors (Lipinski definition) is 1. The fourth-order valence-electron chi connectivity index (χ4n) is 2.62. The second-order valence-corrected chi connectivity index (χ2v) is 6.74. The van der Waals surface area contributed by atoms with Crippen LogP contribution in [0.2, 0.25) is 0 Å². The molecule has 1 unspecified atom stereocenters. The summed E-state index contributed by atoms with van der Waals surface area (Å²) in [7, 11) is 0. The number of hydrogen-bond acceptors (Lipinski definition) is 3. The third kappa shape index (κ3) is 3.59. The number of nitrogens with zero attached hydrogens (tertiary/aromatic N) is 1. The minimum atomic E-state index is -0.806. The smallest absolute Gasteiger partial charge is 0.414 e. The van der Waals surface area contributed by atoms with Crippen molar-refractivity contribution in [1.29, 1.82) is 0 Å². The zero-order valence-corrected chi connectivity index (χ0v) is 13.5. The van der Waals surface area contributed by atoms with E-state index < -0.39 is 17.5 Å². The summed E-state index contributed by atoms with van der Waals surface area (Å²) in [6.45, 7) is 7.79. The van der Waals surface area contributed by atoms with E-state index in [4.69, 9.17) is 9.84 Å². The molecule has 5 nitrogen and oxygen atoms in total. The molecule has 5 heteroatoms. The summed E-state index contributed by atoms with van der Waals surface area (Å²) < 4.78 is 5.43. The summed E-state index contributed by atoms with van der Waals surface area (Å²) in [5, 5.41) is 9.08. The Balaban J connectivity index is 2.22. The molecular weight excluding hydrogens is 282 g/mol. The molecular formula is C17H23NO4. The van der Waals surface area contributed by atoms with Gasteiger partial charge in [0.25, 0.3) is 0 Å². The molecule has 0 aliphatic carbocycles. The molecule has 0 saturated carbocycles. The molecule has 0 aromatic heterocycles. The molecule has 0 radical (unpaired) electrons. The standard InChI is InChI=1S/C17H23NO4/c1-11(15(19)20)10-12-6-5-7-14-13(12)8-9-18(14)16(21)22-17(2,3)4/h5-7,11H,8-10H2,1-4H3,(H,19,20). The molecule has 1 atom stereocenters. The van der Waals surface area contributed by atoms with E-state index in [1.54, 1.807) is 11.8 Å². The fraction of sp³-hybridized carbons (Fsp3) is 0.529. The highest BCUT2D eigenvalue weighted by Crippen LogP contribution is 2.33.